The molecule has 0 unspecified atom stereocenters. The van der Waals surface area contributed by atoms with Gasteiger partial charge in [0.1, 0.15) is 12.2 Å². The summed E-state index contributed by atoms with van der Waals surface area (Å²) in [5.41, 5.74) is 0. The van der Waals surface area contributed by atoms with E-state index in [-0.39, 0.29) is 26.4 Å². The van der Waals surface area contributed by atoms with Crippen LogP contribution in [0.3, 0.4) is 0 Å². The second-order valence-electron chi connectivity index (χ2n) is 2.04. The van der Waals surface area contributed by atoms with E-state index in [1.807, 2.05) is 0 Å². The highest BCUT2D eigenvalue weighted by molar-refractivity contribution is 4.44. The monoisotopic (exact) mass is 212 g/mol. The average Bonchev–Trinajstić information content (AvgIpc) is 2.30. The topological polar surface area (TPSA) is 121 Å². The van der Waals surface area contributed by atoms with Gasteiger partial charge in [-0.05, 0) is 0 Å². The van der Waals surface area contributed by atoms with Crippen molar-refractivity contribution in [2.75, 3.05) is 26.4 Å². The van der Waals surface area contributed by atoms with Crippen LogP contribution in [0.15, 0.2) is 13.2 Å². The molecule has 0 aromatic carbocycles. The first-order valence-corrected chi connectivity index (χ1v) is 3.91. The van der Waals surface area contributed by atoms with Crippen molar-refractivity contribution in [3.05, 3.63) is 13.2 Å². The van der Waals surface area contributed by atoms with Crippen molar-refractivity contribution in [3.8, 4) is 0 Å². The molecular weight excluding hydrogens is 192 g/mol. The highest BCUT2D eigenvalue weighted by Crippen LogP contribution is 1.72. The van der Waals surface area contributed by atoms with E-state index in [0.29, 0.717) is 0 Å². The van der Waals surface area contributed by atoms with Crippen LogP contribution in [0, 0.1) is 0 Å². The third-order valence-electron chi connectivity index (χ3n) is 0.843. The Morgan fingerprint density at radius 3 is 0.786 bits per heavy atom. The van der Waals surface area contributed by atoms with Gasteiger partial charge in [-0.25, -0.2) is 0 Å². The van der Waals surface area contributed by atoms with E-state index in [9.17, 15) is 0 Å². The van der Waals surface area contributed by atoms with Gasteiger partial charge in [-0.2, -0.15) is 0 Å². The zero-order valence-corrected chi connectivity index (χ0v) is 8.08. The molecule has 0 heterocycles. The van der Waals surface area contributed by atoms with Crippen LogP contribution in [0.1, 0.15) is 0 Å². The minimum atomic E-state index is -0.954. The number of aliphatic hydroxyl groups excluding tert-OH is 6. The fraction of sp³-hybridized carbons (Fsp3) is 0.750. The molecule has 0 bridgehead atoms. The Balaban J connectivity index is -0.000000147. The molecule has 0 amide bonds. The summed E-state index contributed by atoms with van der Waals surface area (Å²) in [7, 11) is 0. The normalized spacial score (nSPS) is 8.86. The average molecular weight is 212 g/mol. The van der Waals surface area contributed by atoms with Crippen LogP contribution in [0.2, 0.25) is 0 Å². The van der Waals surface area contributed by atoms with Crippen LogP contribution in [0.4, 0.5) is 0 Å². The van der Waals surface area contributed by atoms with Gasteiger partial charge < -0.3 is 30.6 Å². The smallest absolute Gasteiger partial charge is 0.100 e. The molecule has 0 saturated heterocycles. The molecule has 6 N–H and O–H groups in total. The Labute approximate surface area is 83.4 Å². The van der Waals surface area contributed by atoms with E-state index in [1.54, 1.807) is 0 Å². The van der Waals surface area contributed by atoms with Crippen molar-refractivity contribution in [3.63, 3.8) is 0 Å². The summed E-state index contributed by atoms with van der Waals surface area (Å²) < 4.78 is 0. The van der Waals surface area contributed by atoms with Crippen LogP contribution >= 0.6 is 0 Å². The van der Waals surface area contributed by atoms with Crippen LogP contribution in [0.5, 0.6) is 0 Å². The number of hydrogen-bond acceptors (Lipinski definition) is 6. The summed E-state index contributed by atoms with van der Waals surface area (Å²) in [5, 5.41) is 48.0. The largest absolute Gasteiger partial charge is 0.394 e. The molecule has 0 aliphatic rings. The lowest BCUT2D eigenvalue weighted by Crippen LogP contribution is -2.15. The number of hydrogen-bond donors (Lipinski definition) is 6. The van der Waals surface area contributed by atoms with Crippen LogP contribution < -0.4 is 0 Å². The Kier molecular flexibility index (Phi) is 25.0. The Hall–Kier alpha value is -0.500. The summed E-state index contributed by atoms with van der Waals surface area (Å²) in [6.45, 7) is 4.54. The van der Waals surface area contributed by atoms with Gasteiger partial charge >= 0.3 is 0 Å². The van der Waals surface area contributed by atoms with Gasteiger partial charge in [-0.3, -0.25) is 0 Å². The lowest BCUT2D eigenvalue weighted by molar-refractivity contribution is 0.0450. The fourth-order valence-electron chi connectivity index (χ4n) is 0.115. The van der Waals surface area contributed by atoms with Gasteiger partial charge in [0.15, 0.2) is 0 Å². The first kappa shape index (κ1) is 19.1. The Morgan fingerprint density at radius 1 is 0.643 bits per heavy atom. The first-order chi connectivity index (χ1) is 6.62. The lowest BCUT2D eigenvalue weighted by atomic mass is 10.4. The third-order valence-corrected chi connectivity index (χ3v) is 0.843. The van der Waals surface area contributed by atoms with Crippen molar-refractivity contribution in [2.24, 2.45) is 0 Å². The Morgan fingerprint density at radius 2 is 0.786 bits per heavy atom. The third kappa shape index (κ3) is 22.5. The minimum Gasteiger partial charge on any atom is -0.394 e. The van der Waals surface area contributed by atoms with E-state index in [2.05, 4.69) is 13.2 Å². The maximum absolute atomic E-state index is 8.17. The van der Waals surface area contributed by atoms with Crippen molar-refractivity contribution in [1.82, 2.24) is 0 Å². The standard InChI is InChI=1S/2C3H8O3.C2H4/c2*4-1-3(6)2-5;1-2/h2*3-6H,1-2H2;1-2H2. The van der Waals surface area contributed by atoms with Gasteiger partial charge in [0, 0.05) is 0 Å². The van der Waals surface area contributed by atoms with Gasteiger partial charge in [0.2, 0.25) is 0 Å². The van der Waals surface area contributed by atoms with E-state index >= 15 is 0 Å². The zero-order chi connectivity index (χ0) is 12.0. The summed E-state index contributed by atoms with van der Waals surface area (Å²) in [4.78, 5) is 0. The molecule has 0 aliphatic heterocycles. The summed E-state index contributed by atoms with van der Waals surface area (Å²) in [5.74, 6) is 0. The number of rotatable bonds is 4. The zero-order valence-electron chi connectivity index (χ0n) is 8.08. The summed E-state index contributed by atoms with van der Waals surface area (Å²) >= 11 is 0. The van der Waals surface area contributed by atoms with E-state index in [1.165, 1.54) is 0 Å². The lowest BCUT2D eigenvalue weighted by Gasteiger charge is -1.96. The van der Waals surface area contributed by atoms with E-state index in [4.69, 9.17) is 30.6 Å². The van der Waals surface area contributed by atoms with Crippen LogP contribution in [-0.2, 0) is 0 Å². The van der Waals surface area contributed by atoms with Gasteiger partial charge in [0.25, 0.3) is 0 Å². The molecule has 0 spiro atoms. The van der Waals surface area contributed by atoms with Crippen molar-refractivity contribution >= 4 is 0 Å². The molecule has 0 aliphatic carbocycles. The fourth-order valence-corrected chi connectivity index (χ4v) is 0.115. The summed E-state index contributed by atoms with van der Waals surface area (Å²) in [6, 6.07) is 0. The predicted octanol–water partition coefficient (Wildman–Crippen LogP) is -2.53. The van der Waals surface area contributed by atoms with Crippen molar-refractivity contribution in [1.29, 1.82) is 0 Å². The van der Waals surface area contributed by atoms with Crippen molar-refractivity contribution < 1.29 is 30.6 Å². The quantitative estimate of drug-likeness (QED) is 0.286. The highest BCUT2D eigenvalue weighted by Gasteiger charge is 1.94. The SMILES string of the molecule is C=C.OCC(O)CO.OCC(O)CO. The molecule has 6 heteroatoms. The molecule has 0 radical (unpaired) electrons. The molecule has 0 rings (SSSR count). The van der Waals surface area contributed by atoms with E-state index in [0.717, 1.165) is 0 Å². The highest BCUT2D eigenvalue weighted by atomic mass is 16.3. The molecule has 14 heavy (non-hydrogen) atoms. The summed E-state index contributed by atoms with van der Waals surface area (Å²) in [6.07, 6.45) is -1.91. The maximum Gasteiger partial charge on any atom is 0.100 e. The van der Waals surface area contributed by atoms with Crippen molar-refractivity contribution in [2.45, 2.75) is 12.2 Å². The predicted molar refractivity (Wildman–Crippen MR) is 51.6 cm³/mol. The molecule has 0 saturated carbocycles. The molecular formula is C8H20O6. The molecule has 0 fully saturated rings. The Bertz CT molecular complexity index is 71.9. The second kappa shape index (κ2) is 18.3. The van der Waals surface area contributed by atoms with Crippen LogP contribution in [0.25, 0.3) is 0 Å². The second-order valence-corrected chi connectivity index (χ2v) is 2.04. The first-order valence-electron chi connectivity index (χ1n) is 3.91. The maximum atomic E-state index is 8.17. The van der Waals surface area contributed by atoms with Gasteiger partial charge in [-0.15, -0.1) is 13.2 Å². The number of aliphatic hydroxyl groups is 6. The van der Waals surface area contributed by atoms with Gasteiger partial charge in [0.05, 0.1) is 26.4 Å². The molecule has 0 aromatic heterocycles. The van der Waals surface area contributed by atoms with Gasteiger partial charge in [-0.1, -0.05) is 0 Å². The molecule has 0 atom stereocenters. The molecule has 0 aromatic rings. The molecule has 6 nitrogen and oxygen atoms in total. The minimum absolute atomic E-state index is 0.365. The van der Waals surface area contributed by atoms with E-state index < -0.39 is 12.2 Å². The van der Waals surface area contributed by atoms with Crippen LogP contribution in [-0.4, -0.2) is 69.3 Å². The molecule has 88 valence electrons.